The average Bonchev–Trinajstić information content (AvgIpc) is 2.77. The lowest BCUT2D eigenvalue weighted by atomic mass is 9.95. The van der Waals surface area contributed by atoms with Crippen molar-refractivity contribution in [1.29, 1.82) is 0 Å². The van der Waals surface area contributed by atoms with Gasteiger partial charge in [-0.25, -0.2) is 0 Å². The zero-order valence-electron chi connectivity index (χ0n) is 8.64. The van der Waals surface area contributed by atoms with E-state index in [4.69, 9.17) is 4.74 Å². The number of para-hydroxylation sites is 1. The van der Waals surface area contributed by atoms with Gasteiger partial charge in [0.05, 0.1) is 17.6 Å². The van der Waals surface area contributed by atoms with Crippen LogP contribution in [0.3, 0.4) is 0 Å². The first-order valence-electron chi connectivity index (χ1n) is 5.13. The van der Waals surface area contributed by atoms with Crippen molar-refractivity contribution in [1.82, 2.24) is 0 Å². The van der Waals surface area contributed by atoms with E-state index >= 15 is 0 Å². The van der Waals surface area contributed by atoms with Gasteiger partial charge >= 0.3 is 0 Å². The molecule has 1 aromatic rings. The van der Waals surface area contributed by atoms with E-state index in [2.05, 4.69) is 22.6 Å². The third-order valence-corrected chi connectivity index (χ3v) is 3.81. The maximum Gasteiger partial charge on any atom is 0.272 e. The molecule has 1 heterocycles. The van der Waals surface area contributed by atoms with Gasteiger partial charge < -0.3 is 4.74 Å². The van der Waals surface area contributed by atoms with E-state index in [-0.39, 0.29) is 22.6 Å². The molecule has 1 aliphatic rings. The standard InChI is InChI=1S/C11H12INO3/c12-6-9-5-8(7-16-9)10-3-1-2-4-11(10)13(14)15/h1-4,8-9H,5-7H2/t8-,9+/m0/s1. The van der Waals surface area contributed by atoms with Crippen molar-refractivity contribution in [2.45, 2.75) is 18.4 Å². The van der Waals surface area contributed by atoms with Crippen LogP contribution in [0.25, 0.3) is 0 Å². The number of nitrogens with zero attached hydrogens (tertiary/aromatic N) is 1. The summed E-state index contributed by atoms with van der Waals surface area (Å²) in [5.41, 5.74) is 1.02. The van der Waals surface area contributed by atoms with Crippen LogP contribution in [0.4, 0.5) is 5.69 Å². The monoisotopic (exact) mass is 333 g/mol. The zero-order valence-corrected chi connectivity index (χ0v) is 10.8. The van der Waals surface area contributed by atoms with Gasteiger partial charge in [0.2, 0.25) is 0 Å². The maximum absolute atomic E-state index is 10.9. The molecule has 16 heavy (non-hydrogen) atoms. The van der Waals surface area contributed by atoms with Crippen LogP contribution >= 0.6 is 22.6 Å². The van der Waals surface area contributed by atoms with Crippen molar-refractivity contribution in [3.05, 3.63) is 39.9 Å². The van der Waals surface area contributed by atoms with Crippen LogP contribution in [0.15, 0.2) is 24.3 Å². The molecule has 0 bridgehead atoms. The summed E-state index contributed by atoms with van der Waals surface area (Å²) >= 11 is 2.28. The molecule has 0 unspecified atom stereocenters. The molecule has 1 aliphatic heterocycles. The molecule has 0 N–H and O–H groups in total. The lowest BCUT2D eigenvalue weighted by Gasteiger charge is -2.08. The predicted molar refractivity (Wildman–Crippen MR) is 69.1 cm³/mol. The van der Waals surface area contributed by atoms with E-state index in [0.717, 1.165) is 16.4 Å². The molecule has 0 radical (unpaired) electrons. The highest BCUT2D eigenvalue weighted by Crippen LogP contribution is 2.35. The SMILES string of the molecule is O=[N+]([O-])c1ccccc1[C@@H]1CO[C@@H](CI)C1. The number of nitro groups is 1. The first-order valence-corrected chi connectivity index (χ1v) is 6.65. The van der Waals surface area contributed by atoms with Gasteiger partial charge in [-0.05, 0) is 6.42 Å². The smallest absolute Gasteiger partial charge is 0.272 e. The Kier molecular flexibility index (Phi) is 3.75. The van der Waals surface area contributed by atoms with Crippen molar-refractivity contribution in [2.24, 2.45) is 0 Å². The van der Waals surface area contributed by atoms with Crippen molar-refractivity contribution in [3.63, 3.8) is 0 Å². The molecule has 0 amide bonds. The molecule has 2 atom stereocenters. The van der Waals surface area contributed by atoms with E-state index in [9.17, 15) is 10.1 Å². The van der Waals surface area contributed by atoms with Crippen LogP contribution in [0.1, 0.15) is 17.9 Å². The van der Waals surface area contributed by atoms with E-state index in [0.29, 0.717) is 6.61 Å². The summed E-state index contributed by atoms with van der Waals surface area (Å²) in [6.07, 6.45) is 1.12. The molecule has 0 spiro atoms. The van der Waals surface area contributed by atoms with E-state index in [1.165, 1.54) is 0 Å². The molecule has 0 aromatic heterocycles. The lowest BCUT2D eigenvalue weighted by Crippen LogP contribution is -2.05. The Bertz CT molecular complexity index is 397. The third-order valence-electron chi connectivity index (χ3n) is 2.83. The Balaban J connectivity index is 2.24. The van der Waals surface area contributed by atoms with Gasteiger partial charge in [-0.3, -0.25) is 10.1 Å². The number of rotatable bonds is 3. The molecule has 5 heteroatoms. The summed E-state index contributed by atoms with van der Waals surface area (Å²) in [5, 5.41) is 10.9. The summed E-state index contributed by atoms with van der Waals surface area (Å²) in [7, 11) is 0. The zero-order chi connectivity index (χ0) is 11.5. The van der Waals surface area contributed by atoms with Crippen LogP contribution in [0.5, 0.6) is 0 Å². The highest BCUT2D eigenvalue weighted by Gasteiger charge is 2.30. The number of alkyl halides is 1. The fraction of sp³-hybridized carbons (Fsp3) is 0.455. The first-order chi connectivity index (χ1) is 7.72. The Labute approximate surface area is 107 Å². The summed E-state index contributed by atoms with van der Waals surface area (Å²) in [4.78, 5) is 10.6. The van der Waals surface area contributed by atoms with Crippen LogP contribution in [-0.2, 0) is 4.74 Å². The number of hydrogen-bond donors (Lipinski definition) is 0. The molecule has 1 aromatic carbocycles. The van der Waals surface area contributed by atoms with Crippen molar-refractivity contribution >= 4 is 28.3 Å². The highest BCUT2D eigenvalue weighted by atomic mass is 127. The van der Waals surface area contributed by atoms with Gasteiger partial charge in [0, 0.05) is 22.0 Å². The van der Waals surface area contributed by atoms with Crippen LogP contribution in [-0.4, -0.2) is 22.1 Å². The second kappa shape index (κ2) is 5.09. The van der Waals surface area contributed by atoms with Crippen LogP contribution < -0.4 is 0 Å². The summed E-state index contributed by atoms with van der Waals surface area (Å²) in [6, 6.07) is 6.95. The molecule has 1 fully saturated rings. The quantitative estimate of drug-likeness (QED) is 0.370. The largest absolute Gasteiger partial charge is 0.377 e. The molecule has 0 aliphatic carbocycles. The Morgan fingerprint density at radius 1 is 1.50 bits per heavy atom. The predicted octanol–water partition coefficient (Wildman–Crippen LogP) is 2.90. The Morgan fingerprint density at radius 2 is 2.25 bits per heavy atom. The van der Waals surface area contributed by atoms with Crippen LogP contribution in [0.2, 0.25) is 0 Å². The summed E-state index contributed by atoms with van der Waals surface area (Å²) in [5.74, 6) is 0.168. The molecule has 4 nitrogen and oxygen atoms in total. The van der Waals surface area contributed by atoms with E-state index in [1.807, 2.05) is 12.1 Å². The third kappa shape index (κ3) is 2.35. The van der Waals surface area contributed by atoms with E-state index < -0.39 is 0 Å². The molecular formula is C11H12INO3. The summed E-state index contributed by atoms with van der Waals surface area (Å²) < 4.78 is 6.51. The van der Waals surface area contributed by atoms with Gasteiger partial charge in [-0.2, -0.15) is 0 Å². The normalized spacial score (nSPS) is 24.6. The second-order valence-corrected chi connectivity index (χ2v) is 4.74. The summed E-state index contributed by atoms with van der Waals surface area (Å²) in [6.45, 7) is 0.596. The Hall–Kier alpha value is -0.690. The molecule has 2 rings (SSSR count). The van der Waals surface area contributed by atoms with Gasteiger partial charge in [0.25, 0.3) is 5.69 Å². The molecular weight excluding hydrogens is 321 g/mol. The molecule has 1 saturated heterocycles. The average molecular weight is 333 g/mol. The van der Waals surface area contributed by atoms with Gasteiger partial charge in [0.15, 0.2) is 0 Å². The number of nitro benzene ring substituents is 1. The maximum atomic E-state index is 10.9. The number of hydrogen-bond acceptors (Lipinski definition) is 3. The van der Waals surface area contributed by atoms with Crippen molar-refractivity contribution < 1.29 is 9.66 Å². The number of benzene rings is 1. The number of ether oxygens (including phenoxy) is 1. The van der Waals surface area contributed by atoms with E-state index in [1.54, 1.807) is 12.1 Å². The minimum Gasteiger partial charge on any atom is -0.377 e. The minimum absolute atomic E-state index is 0.168. The fourth-order valence-corrected chi connectivity index (χ4v) is 2.64. The van der Waals surface area contributed by atoms with Crippen molar-refractivity contribution in [3.8, 4) is 0 Å². The topological polar surface area (TPSA) is 52.4 Å². The van der Waals surface area contributed by atoms with Crippen molar-refractivity contribution in [2.75, 3.05) is 11.0 Å². The first kappa shape index (κ1) is 11.8. The fourth-order valence-electron chi connectivity index (χ4n) is 2.03. The van der Waals surface area contributed by atoms with Gasteiger partial charge in [0.1, 0.15) is 0 Å². The van der Waals surface area contributed by atoms with Crippen LogP contribution in [0, 0.1) is 10.1 Å². The number of halogens is 1. The minimum atomic E-state index is -0.313. The van der Waals surface area contributed by atoms with Gasteiger partial charge in [-0.15, -0.1) is 0 Å². The van der Waals surface area contributed by atoms with Gasteiger partial charge in [-0.1, -0.05) is 40.8 Å². The highest BCUT2D eigenvalue weighted by molar-refractivity contribution is 14.1. The lowest BCUT2D eigenvalue weighted by molar-refractivity contribution is -0.385. The second-order valence-electron chi connectivity index (χ2n) is 3.86. The Morgan fingerprint density at radius 3 is 2.88 bits per heavy atom. The molecule has 0 saturated carbocycles. The molecule has 86 valence electrons.